The predicted molar refractivity (Wildman–Crippen MR) is 103 cm³/mol. The number of benzene rings is 2. The molecule has 2 aromatic carbocycles. The monoisotopic (exact) mass is 388 g/mol. The molecule has 2 rings (SSSR count). The fourth-order valence-electron chi connectivity index (χ4n) is 2.47. The zero-order chi connectivity index (χ0) is 19.8. The summed E-state index contributed by atoms with van der Waals surface area (Å²) in [4.78, 5) is 34.4. The number of hydrogen-bond acceptors (Lipinski definition) is 5. The average molecular weight is 388 g/mol. The summed E-state index contributed by atoms with van der Waals surface area (Å²) in [6, 6.07) is 14.8. The highest BCUT2D eigenvalue weighted by Gasteiger charge is 2.21. The number of non-ortho nitro benzene ring substituents is 1. The molecule has 7 nitrogen and oxygen atoms in total. The largest absolute Gasteiger partial charge is 0.481 e. The normalized spacial score (nSPS) is 12.8. The summed E-state index contributed by atoms with van der Waals surface area (Å²) in [6.07, 6.45) is 0.240. The maximum atomic E-state index is 12.6. The lowest BCUT2D eigenvalue weighted by atomic mass is 10.0. The quantitative estimate of drug-likeness (QED) is 0.384. The van der Waals surface area contributed by atoms with Crippen LogP contribution in [-0.4, -0.2) is 27.2 Å². The Bertz CT molecular complexity index is 796. The Morgan fingerprint density at radius 3 is 2.33 bits per heavy atom. The van der Waals surface area contributed by atoms with Crippen LogP contribution in [-0.2, 0) is 9.59 Å². The summed E-state index contributed by atoms with van der Waals surface area (Å²) in [7, 11) is 0. The van der Waals surface area contributed by atoms with Crippen molar-refractivity contribution in [1.82, 2.24) is 5.32 Å². The molecule has 0 aliphatic rings. The molecule has 2 aromatic rings. The third kappa shape index (κ3) is 6.41. The first kappa shape index (κ1) is 20.4. The van der Waals surface area contributed by atoms with Crippen LogP contribution in [0.2, 0.25) is 0 Å². The molecule has 0 aliphatic carbocycles. The number of rotatable bonds is 9. The number of hydrogen-bond donors (Lipinski definition) is 2. The lowest BCUT2D eigenvalue weighted by molar-refractivity contribution is -0.384. The minimum atomic E-state index is -0.918. The maximum absolute atomic E-state index is 12.6. The standard InChI is InChI=1S/C19H20N2O5S/c1-13(27-16-9-7-15(8-10-16)21(25)26)19(24)20-17(11-12-18(22)23)14-5-3-2-4-6-14/h2-10,13,17H,11-12H2,1H3,(H,20,24)(H,22,23). The lowest BCUT2D eigenvalue weighted by Gasteiger charge is -2.21. The number of nitrogens with one attached hydrogen (secondary N) is 1. The number of thioether (sulfide) groups is 1. The highest BCUT2D eigenvalue weighted by Crippen LogP contribution is 2.26. The lowest BCUT2D eigenvalue weighted by Crippen LogP contribution is -2.34. The van der Waals surface area contributed by atoms with Crippen LogP contribution in [0.1, 0.15) is 31.4 Å². The molecule has 0 spiro atoms. The van der Waals surface area contributed by atoms with E-state index in [0.717, 1.165) is 10.5 Å². The molecule has 0 fully saturated rings. The second kappa shape index (κ2) is 9.72. The van der Waals surface area contributed by atoms with E-state index in [0.29, 0.717) is 6.42 Å². The Morgan fingerprint density at radius 1 is 1.15 bits per heavy atom. The van der Waals surface area contributed by atoms with Gasteiger partial charge in [0.1, 0.15) is 0 Å². The van der Waals surface area contributed by atoms with Crippen molar-refractivity contribution >= 4 is 29.3 Å². The highest BCUT2D eigenvalue weighted by molar-refractivity contribution is 8.00. The highest BCUT2D eigenvalue weighted by atomic mass is 32.2. The van der Waals surface area contributed by atoms with Gasteiger partial charge in [0.05, 0.1) is 16.2 Å². The predicted octanol–water partition coefficient (Wildman–Crippen LogP) is 3.80. The molecule has 0 bridgehead atoms. The Morgan fingerprint density at radius 2 is 1.78 bits per heavy atom. The number of carbonyl (C=O) groups is 2. The van der Waals surface area contributed by atoms with Gasteiger partial charge in [-0.15, -0.1) is 11.8 Å². The molecule has 0 radical (unpaired) electrons. The maximum Gasteiger partial charge on any atom is 0.303 e. The van der Waals surface area contributed by atoms with Crippen LogP contribution in [0.3, 0.4) is 0 Å². The van der Waals surface area contributed by atoms with E-state index in [1.165, 1.54) is 23.9 Å². The Labute approximate surface area is 160 Å². The van der Waals surface area contributed by atoms with Crippen molar-refractivity contribution in [3.63, 3.8) is 0 Å². The molecular weight excluding hydrogens is 368 g/mol. The van der Waals surface area contributed by atoms with Crippen LogP contribution in [0.5, 0.6) is 0 Å². The molecule has 0 aliphatic heterocycles. The van der Waals surface area contributed by atoms with Crippen molar-refractivity contribution in [3.05, 3.63) is 70.3 Å². The minimum Gasteiger partial charge on any atom is -0.481 e. The molecule has 0 saturated carbocycles. The fraction of sp³-hybridized carbons (Fsp3) is 0.263. The van der Waals surface area contributed by atoms with Gasteiger partial charge in [-0.2, -0.15) is 0 Å². The third-order valence-electron chi connectivity index (χ3n) is 3.89. The Balaban J connectivity index is 2.02. The zero-order valence-electron chi connectivity index (χ0n) is 14.7. The second-order valence-corrected chi connectivity index (χ2v) is 7.33. The first-order valence-corrected chi connectivity index (χ1v) is 9.23. The summed E-state index contributed by atoms with van der Waals surface area (Å²) in [6.45, 7) is 1.74. The molecule has 0 heterocycles. The molecule has 27 heavy (non-hydrogen) atoms. The number of carboxylic acid groups (broad SMARTS) is 1. The SMILES string of the molecule is CC(Sc1ccc([N+](=O)[O-])cc1)C(=O)NC(CCC(=O)O)c1ccccc1. The molecule has 0 saturated heterocycles. The van der Waals surface area contributed by atoms with E-state index >= 15 is 0 Å². The molecule has 0 aromatic heterocycles. The first-order valence-electron chi connectivity index (χ1n) is 8.35. The van der Waals surface area contributed by atoms with Gasteiger partial charge in [0.25, 0.3) is 5.69 Å². The molecule has 2 atom stereocenters. The Hall–Kier alpha value is -2.87. The molecule has 1 amide bonds. The smallest absolute Gasteiger partial charge is 0.303 e. The summed E-state index contributed by atoms with van der Waals surface area (Å²) in [5.74, 6) is -1.14. The van der Waals surface area contributed by atoms with Gasteiger partial charge in [0.15, 0.2) is 0 Å². The average Bonchev–Trinajstić information content (AvgIpc) is 2.65. The van der Waals surface area contributed by atoms with Gasteiger partial charge in [-0.1, -0.05) is 30.3 Å². The number of nitrogens with zero attached hydrogens (tertiary/aromatic N) is 1. The van der Waals surface area contributed by atoms with Crippen LogP contribution < -0.4 is 5.32 Å². The topological polar surface area (TPSA) is 110 Å². The van der Waals surface area contributed by atoms with Gasteiger partial charge in [0.2, 0.25) is 5.91 Å². The summed E-state index contributed by atoms with van der Waals surface area (Å²) >= 11 is 1.28. The number of carbonyl (C=O) groups excluding carboxylic acids is 1. The first-order chi connectivity index (χ1) is 12.9. The number of amides is 1. The van der Waals surface area contributed by atoms with Crippen LogP contribution in [0.15, 0.2) is 59.5 Å². The van der Waals surface area contributed by atoms with E-state index in [-0.39, 0.29) is 18.0 Å². The van der Waals surface area contributed by atoms with Crippen LogP contribution in [0.4, 0.5) is 5.69 Å². The van der Waals surface area contributed by atoms with Crippen molar-refractivity contribution in [2.45, 2.75) is 36.0 Å². The van der Waals surface area contributed by atoms with Gasteiger partial charge in [-0.05, 0) is 31.0 Å². The van der Waals surface area contributed by atoms with Gasteiger partial charge in [-0.25, -0.2) is 0 Å². The number of nitro groups is 1. The fourth-order valence-corrected chi connectivity index (χ4v) is 3.35. The van der Waals surface area contributed by atoms with E-state index in [2.05, 4.69) is 5.32 Å². The minimum absolute atomic E-state index is 0.00531. The van der Waals surface area contributed by atoms with Gasteiger partial charge in [-0.3, -0.25) is 19.7 Å². The molecule has 142 valence electrons. The number of carboxylic acids is 1. The summed E-state index contributed by atoms with van der Waals surface area (Å²) in [5.41, 5.74) is 0.842. The van der Waals surface area contributed by atoms with Crippen LogP contribution in [0.25, 0.3) is 0 Å². The molecule has 8 heteroatoms. The molecule has 2 unspecified atom stereocenters. The van der Waals surface area contributed by atoms with Crippen molar-refractivity contribution in [1.29, 1.82) is 0 Å². The Kier molecular flexibility index (Phi) is 7.36. The van der Waals surface area contributed by atoms with Crippen LogP contribution >= 0.6 is 11.8 Å². The van der Waals surface area contributed by atoms with Crippen molar-refractivity contribution < 1.29 is 19.6 Å². The van der Waals surface area contributed by atoms with E-state index in [1.54, 1.807) is 19.1 Å². The van der Waals surface area contributed by atoms with Crippen LogP contribution in [0, 0.1) is 10.1 Å². The summed E-state index contributed by atoms with van der Waals surface area (Å²) < 4.78 is 0. The molecular formula is C19H20N2O5S. The number of aliphatic carboxylic acids is 1. The number of nitro benzene ring substituents is 1. The summed E-state index contributed by atoms with van der Waals surface area (Å²) in [5, 5.41) is 22.1. The van der Waals surface area contributed by atoms with E-state index in [9.17, 15) is 19.7 Å². The zero-order valence-corrected chi connectivity index (χ0v) is 15.5. The van der Waals surface area contributed by atoms with Gasteiger partial charge in [0, 0.05) is 23.4 Å². The molecule has 2 N–H and O–H groups in total. The van der Waals surface area contributed by atoms with Crippen molar-refractivity contribution in [2.24, 2.45) is 0 Å². The van der Waals surface area contributed by atoms with Crippen molar-refractivity contribution in [3.8, 4) is 0 Å². The van der Waals surface area contributed by atoms with Gasteiger partial charge >= 0.3 is 5.97 Å². The van der Waals surface area contributed by atoms with Gasteiger partial charge < -0.3 is 10.4 Å². The van der Waals surface area contributed by atoms with E-state index in [4.69, 9.17) is 5.11 Å². The third-order valence-corrected chi connectivity index (χ3v) is 5.01. The van der Waals surface area contributed by atoms with E-state index < -0.39 is 22.2 Å². The van der Waals surface area contributed by atoms with Crippen molar-refractivity contribution in [2.75, 3.05) is 0 Å². The van der Waals surface area contributed by atoms with E-state index in [1.807, 2.05) is 30.3 Å². The second-order valence-electron chi connectivity index (χ2n) is 5.92.